The summed E-state index contributed by atoms with van der Waals surface area (Å²) in [5, 5.41) is 4.29. The van der Waals surface area contributed by atoms with Crippen molar-refractivity contribution in [3.63, 3.8) is 0 Å². The van der Waals surface area contributed by atoms with Gasteiger partial charge in [-0.25, -0.2) is 4.98 Å². The molecule has 1 aliphatic rings. The highest BCUT2D eigenvalue weighted by atomic mass is 16.5. The number of nitrogens with one attached hydrogen (secondary N) is 1. The summed E-state index contributed by atoms with van der Waals surface area (Å²) >= 11 is 0. The number of ether oxygens (including phenoxy) is 1. The lowest BCUT2D eigenvalue weighted by Gasteiger charge is -2.34. The maximum absolute atomic E-state index is 13.7. The van der Waals surface area contributed by atoms with Crippen LogP contribution >= 0.6 is 0 Å². The van der Waals surface area contributed by atoms with Gasteiger partial charge >= 0.3 is 0 Å². The Balaban J connectivity index is 1.46. The summed E-state index contributed by atoms with van der Waals surface area (Å²) in [5.74, 6) is 1.64. The molecule has 1 aliphatic heterocycles. The highest BCUT2D eigenvalue weighted by Gasteiger charge is 2.31. The van der Waals surface area contributed by atoms with Crippen molar-refractivity contribution in [1.29, 1.82) is 0 Å². The summed E-state index contributed by atoms with van der Waals surface area (Å²) < 4.78 is 7.36. The number of methoxy groups -OCH3 is 1. The Labute approximate surface area is 193 Å². The number of carbonyl (C=O) groups is 1. The summed E-state index contributed by atoms with van der Waals surface area (Å²) in [7, 11) is 1.65. The van der Waals surface area contributed by atoms with Crippen LogP contribution in [0.5, 0.6) is 5.75 Å². The minimum Gasteiger partial charge on any atom is -0.496 e. The van der Waals surface area contributed by atoms with Crippen LogP contribution in [0, 0.1) is 13.8 Å². The van der Waals surface area contributed by atoms with E-state index in [1.165, 1.54) is 11.1 Å². The fourth-order valence-corrected chi connectivity index (χ4v) is 4.68. The van der Waals surface area contributed by atoms with E-state index in [0.717, 1.165) is 54.0 Å². The third kappa shape index (κ3) is 4.11. The van der Waals surface area contributed by atoms with Crippen LogP contribution in [0.3, 0.4) is 0 Å². The molecule has 1 atom stereocenters. The molecule has 33 heavy (non-hydrogen) atoms. The van der Waals surface area contributed by atoms with E-state index in [4.69, 9.17) is 9.72 Å². The zero-order valence-corrected chi connectivity index (χ0v) is 19.3. The molecular weight excluding hydrogens is 414 g/mol. The van der Waals surface area contributed by atoms with Crippen LogP contribution in [-0.4, -0.2) is 44.2 Å². The van der Waals surface area contributed by atoms with Crippen molar-refractivity contribution >= 4 is 16.9 Å². The fourth-order valence-electron chi connectivity index (χ4n) is 4.68. The molecule has 170 valence electrons. The zero-order valence-electron chi connectivity index (χ0n) is 19.3. The average molecular weight is 444 g/mol. The molecule has 0 saturated carbocycles. The minimum absolute atomic E-state index is 0.0249. The number of amides is 1. The number of carbonyl (C=O) groups excluding carboxylic acids is 1. The van der Waals surface area contributed by atoms with Gasteiger partial charge in [0.2, 0.25) is 0 Å². The van der Waals surface area contributed by atoms with Crippen molar-refractivity contribution in [3.8, 4) is 5.75 Å². The van der Waals surface area contributed by atoms with Gasteiger partial charge < -0.3 is 14.6 Å². The molecule has 1 N–H and O–H groups in total. The first kappa shape index (κ1) is 21.2. The molecule has 1 amide bonds. The molecular formula is C26H29N5O2. The van der Waals surface area contributed by atoms with Crippen LogP contribution in [0.15, 0.2) is 48.8 Å². The van der Waals surface area contributed by atoms with Crippen molar-refractivity contribution in [2.75, 3.05) is 13.7 Å². The average Bonchev–Trinajstić information content (AvgIpc) is 3.48. The van der Waals surface area contributed by atoms with Gasteiger partial charge in [0, 0.05) is 30.1 Å². The normalized spacial score (nSPS) is 16.3. The third-order valence-electron chi connectivity index (χ3n) is 6.61. The molecule has 0 aliphatic carbocycles. The second-order valence-corrected chi connectivity index (χ2v) is 8.82. The lowest BCUT2D eigenvalue weighted by atomic mass is 9.99. The molecule has 7 nitrogen and oxygen atoms in total. The van der Waals surface area contributed by atoms with E-state index in [1.54, 1.807) is 13.3 Å². The van der Waals surface area contributed by atoms with E-state index in [-0.39, 0.29) is 11.9 Å². The Kier molecular flexibility index (Phi) is 5.62. The number of piperidine rings is 1. The Hall–Kier alpha value is -3.61. The van der Waals surface area contributed by atoms with Crippen LogP contribution in [0.25, 0.3) is 11.0 Å². The van der Waals surface area contributed by atoms with E-state index < -0.39 is 0 Å². The van der Waals surface area contributed by atoms with Crippen LogP contribution < -0.4 is 4.74 Å². The fraction of sp³-hybridized carbons (Fsp3) is 0.346. The first-order chi connectivity index (χ1) is 16.0. The predicted molar refractivity (Wildman–Crippen MR) is 128 cm³/mol. The smallest absolute Gasteiger partial charge is 0.254 e. The standard InChI is InChI=1S/C26H29N5O2/c1-17-13-21-22(14-18(17)2)29-25(28-21)23-7-4-5-12-31(23)26(32)19-8-9-24(33-3)20(15-19)16-30-11-6-10-27-30/h6,8-11,13-15,23H,4-5,7,12,16H2,1-3H3,(H,28,29). The predicted octanol–water partition coefficient (Wildman–Crippen LogP) is 4.80. The van der Waals surface area contributed by atoms with E-state index in [0.29, 0.717) is 12.1 Å². The highest BCUT2D eigenvalue weighted by molar-refractivity contribution is 5.95. The second kappa shape index (κ2) is 8.73. The Bertz CT molecular complexity index is 1250. The molecule has 1 saturated heterocycles. The van der Waals surface area contributed by atoms with Crippen LogP contribution in [0.2, 0.25) is 0 Å². The monoisotopic (exact) mass is 443 g/mol. The number of fused-ring (bicyclic) bond motifs is 1. The van der Waals surface area contributed by atoms with Gasteiger partial charge in [-0.1, -0.05) is 0 Å². The van der Waals surface area contributed by atoms with Crippen LogP contribution in [0.1, 0.15) is 58.2 Å². The molecule has 3 heterocycles. The minimum atomic E-state index is -0.0593. The summed E-state index contributed by atoms with van der Waals surface area (Å²) in [6, 6.07) is 11.7. The number of H-pyrrole nitrogens is 1. The van der Waals surface area contributed by atoms with Gasteiger partial charge in [-0.05, 0) is 80.6 Å². The number of aromatic amines is 1. The molecule has 0 radical (unpaired) electrons. The van der Waals surface area contributed by atoms with Gasteiger partial charge in [-0.3, -0.25) is 9.48 Å². The van der Waals surface area contributed by atoms with Gasteiger partial charge in [0.15, 0.2) is 0 Å². The first-order valence-corrected chi connectivity index (χ1v) is 11.5. The number of hydrogen-bond acceptors (Lipinski definition) is 4. The van der Waals surface area contributed by atoms with Gasteiger partial charge in [0.25, 0.3) is 5.91 Å². The molecule has 2 aromatic carbocycles. The summed E-state index contributed by atoms with van der Waals surface area (Å²) in [4.78, 5) is 24.0. The SMILES string of the molecule is COc1ccc(C(=O)N2CCCCC2c2nc3cc(C)c(C)cc3[nH]2)cc1Cn1cccn1. The molecule has 7 heteroatoms. The summed E-state index contributed by atoms with van der Waals surface area (Å²) in [6.07, 6.45) is 6.63. The van der Waals surface area contributed by atoms with Gasteiger partial charge in [0.1, 0.15) is 11.6 Å². The number of aryl methyl sites for hydroxylation is 2. The van der Waals surface area contributed by atoms with Gasteiger partial charge in [-0.2, -0.15) is 5.10 Å². The van der Waals surface area contributed by atoms with Crippen molar-refractivity contribution < 1.29 is 9.53 Å². The van der Waals surface area contributed by atoms with Crippen molar-refractivity contribution in [2.24, 2.45) is 0 Å². The lowest BCUT2D eigenvalue weighted by molar-refractivity contribution is 0.0601. The second-order valence-electron chi connectivity index (χ2n) is 8.82. The zero-order chi connectivity index (χ0) is 22.9. The molecule has 4 aromatic rings. The number of hydrogen-bond donors (Lipinski definition) is 1. The Morgan fingerprint density at radius 1 is 1.18 bits per heavy atom. The number of benzene rings is 2. The van der Waals surface area contributed by atoms with E-state index in [2.05, 4.69) is 36.1 Å². The molecule has 5 rings (SSSR count). The maximum atomic E-state index is 13.7. The number of imidazole rings is 1. The number of nitrogens with zero attached hydrogens (tertiary/aromatic N) is 4. The number of likely N-dealkylation sites (tertiary alicyclic amines) is 1. The molecule has 1 fully saturated rings. The first-order valence-electron chi connectivity index (χ1n) is 11.5. The maximum Gasteiger partial charge on any atom is 0.254 e. The third-order valence-corrected chi connectivity index (χ3v) is 6.61. The summed E-state index contributed by atoms with van der Waals surface area (Å²) in [5.41, 5.74) is 6.02. The number of aromatic nitrogens is 4. The molecule has 1 unspecified atom stereocenters. The molecule has 0 bridgehead atoms. The largest absolute Gasteiger partial charge is 0.496 e. The van der Waals surface area contributed by atoms with E-state index in [1.807, 2.05) is 40.0 Å². The van der Waals surface area contributed by atoms with Crippen molar-refractivity contribution in [3.05, 3.63) is 76.9 Å². The Morgan fingerprint density at radius 3 is 2.82 bits per heavy atom. The Morgan fingerprint density at radius 2 is 2.03 bits per heavy atom. The van der Waals surface area contributed by atoms with Crippen LogP contribution in [-0.2, 0) is 6.54 Å². The van der Waals surface area contributed by atoms with Crippen molar-refractivity contribution in [2.45, 2.75) is 45.7 Å². The van der Waals surface area contributed by atoms with E-state index >= 15 is 0 Å². The van der Waals surface area contributed by atoms with Crippen molar-refractivity contribution in [1.82, 2.24) is 24.6 Å². The number of rotatable bonds is 5. The molecule has 0 spiro atoms. The van der Waals surface area contributed by atoms with E-state index in [9.17, 15) is 4.79 Å². The quantitative estimate of drug-likeness (QED) is 0.481. The molecule has 2 aromatic heterocycles. The highest BCUT2D eigenvalue weighted by Crippen LogP contribution is 2.33. The lowest BCUT2D eigenvalue weighted by Crippen LogP contribution is -2.39. The summed E-state index contributed by atoms with van der Waals surface area (Å²) in [6.45, 7) is 5.47. The van der Waals surface area contributed by atoms with Gasteiger partial charge in [0.05, 0.1) is 30.7 Å². The van der Waals surface area contributed by atoms with Crippen LogP contribution in [0.4, 0.5) is 0 Å². The van der Waals surface area contributed by atoms with Gasteiger partial charge in [-0.15, -0.1) is 0 Å². The topological polar surface area (TPSA) is 76.0 Å².